The Labute approximate surface area is 135 Å². The Morgan fingerprint density at radius 1 is 1.19 bits per heavy atom. The lowest BCUT2D eigenvalue weighted by molar-refractivity contribution is 0.409. The van der Waals surface area contributed by atoms with E-state index in [2.05, 4.69) is 62.1 Å². The fourth-order valence-electron chi connectivity index (χ4n) is 2.34. The van der Waals surface area contributed by atoms with Crippen LogP contribution in [0.4, 0.5) is 5.69 Å². The van der Waals surface area contributed by atoms with E-state index in [4.69, 9.17) is 11.6 Å². The van der Waals surface area contributed by atoms with Gasteiger partial charge in [0.15, 0.2) is 0 Å². The first-order valence-electron chi connectivity index (χ1n) is 7.83. The number of benzene rings is 1. The molecule has 0 fully saturated rings. The third-order valence-corrected chi connectivity index (χ3v) is 3.74. The van der Waals surface area contributed by atoms with Gasteiger partial charge in [0, 0.05) is 42.5 Å². The monoisotopic (exact) mass is 311 g/mol. The zero-order valence-corrected chi connectivity index (χ0v) is 14.9. The summed E-state index contributed by atoms with van der Waals surface area (Å²) in [6.45, 7) is 11.5. The summed E-state index contributed by atoms with van der Waals surface area (Å²) in [5.74, 6) is 0.623. The molecule has 0 aromatic heterocycles. The van der Waals surface area contributed by atoms with Crippen LogP contribution in [0.1, 0.15) is 26.3 Å². The minimum atomic E-state index is 0.623. The van der Waals surface area contributed by atoms with Crippen molar-refractivity contribution in [3.05, 3.63) is 28.8 Å². The largest absolute Gasteiger partial charge is 0.370 e. The van der Waals surface area contributed by atoms with Crippen molar-refractivity contribution < 1.29 is 0 Å². The Morgan fingerprint density at radius 2 is 1.90 bits per heavy atom. The van der Waals surface area contributed by atoms with Crippen molar-refractivity contribution in [2.75, 3.05) is 45.2 Å². The first-order valence-corrected chi connectivity index (χ1v) is 8.21. The van der Waals surface area contributed by atoms with E-state index in [1.54, 1.807) is 0 Å². The molecule has 0 saturated carbocycles. The van der Waals surface area contributed by atoms with Crippen molar-refractivity contribution in [2.45, 2.75) is 27.3 Å². The molecule has 1 rings (SSSR count). The van der Waals surface area contributed by atoms with Gasteiger partial charge < -0.3 is 15.1 Å². The summed E-state index contributed by atoms with van der Waals surface area (Å²) in [5, 5.41) is 4.25. The van der Waals surface area contributed by atoms with Crippen molar-refractivity contribution in [3.8, 4) is 0 Å². The molecule has 21 heavy (non-hydrogen) atoms. The smallest absolute Gasteiger partial charge is 0.0471 e. The van der Waals surface area contributed by atoms with Crippen LogP contribution in [0.15, 0.2) is 18.2 Å². The molecule has 0 heterocycles. The molecule has 1 N–H and O–H groups in total. The predicted molar refractivity (Wildman–Crippen MR) is 94.4 cm³/mol. The van der Waals surface area contributed by atoms with Gasteiger partial charge in [-0.2, -0.15) is 0 Å². The lowest BCUT2D eigenvalue weighted by atomic mass is 10.1. The highest BCUT2D eigenvalue weighted by Gasteiger charge is 2.15. The van der Waals surface area contributed by atoms with E-state index >= 15 is 0 Å². The van der Waals surface area contributed by atoms with Crippen molar-refractivity contribution in [1.29, 1.82) is 0 Å². The third kappa shape index (κ3) is 6.25. The topological polar surface area (TPSA) is 18.5 Å². The molecule has 0 aliphatic heterocycles. The number of anilines is 1. The maximum Gasteiger partial charge on any atom is 0.0471 e. The van der Waals surface area contributed by atoms with Crippen LogP contribution in [0.2, 0.25) is 5.02 Å². The number of hydrogen-bond acceptors (Lipinski definition) is 3. The van der Waals surface area contributed by atoms with Crippen LogP contribution in [0, 0.1) is 5.92 Å². The van der Waals surface area contributed by atoms with E-state index in [-0.39, 0.29) is 0 Å². The van der Waals surface area contributed by atoms with Gasteiger partial charge >= 0.3 is 0 Å². The van der Waals surface area contributed by atoms with Crippen LogP contribution in [-0.2, 0) is 6.54 Å². The van der Waals surface area contributed by atoms with Gasteiger partial charge in [0.2, 0.25) is 0 Å². The van der Waals surface area contributed by atoms with Crippen molar-refractivity contribution in [2.24, 2.45) is 5.92 Å². The number of hydrogen-bond donors (Lipinski definition) is 1. The minimum Gasteiger partial charge on any atom is -0.370 e. The number of rotatable bonds is 9. The van der Waals surface area contributed by atoms with E-state index in [9.17, 15) is 0 Å². The molecule has 4 heteroatoms. The van der Waals surface area contributed by atoms with Gasteiger partial charge in [-0.05, 0) is 38.7 Å². The SMILES string of the molecule is CCNCc1c(Cl)cccc1N(CCN(C)C)CC(C)C. The van der Waals surface area contributed by atoms with Crippen molar-refractivity contribution >= 4 is 17.3 Å². The molecule has 0 bridgehead atoms. The molecule has 0 saturated heterocycles. The van der Waals surface area contributed by atoms with Crippen LogP contribution in [0.5, 0.6) is 0 Å². The highest BCUT2D eigenvalue weighted by atomic mass is 35.5. The number of likely N-dealkylation sites (N-methyl/N-ethyl adjacent to an activating group) is 1. The number of nitrogens with one attached hydrogen (secondary N) is 1. The van der Waals surface area contributed by atoms with E-state index in [0.717, 1.165) is 37.7 Å². The molecule has 0 radical (unpaired) electrons. The average molecular weight is 312 g/mol. The highest BCUT2D eigenvalue weighted by Crippen LogP contribution is 2.28. The van der Waals surface area contributed by atoms with Gasteiger partial charge in [0.05, 0.1) is 0 Å². The van der Waals surface area contributed by atoms with Crippen LogP contribution in [-0.4, -0.2) is 45.2 Å². The first-order chi connectivity index (χ1) is 9.95. The summed E-state index contributed by atoms with van der Waals surface area (Å²) in [6.07, 6.45) is 0. The lowest BCUT2D eigenvalue weighted by Crippen LogP contribution is -2.35. The average Bonchev–Trinajstić information content (AvgIpc) is 2.41. The maximum atomic E-state index is 6.43. The number of nitrogens with zero attached hydrogens (tertiary/aromatic N) is 2. The summed E-state index contributed by atoms with van der Waals surface area (Å²) < 4.78 is 0. The van der Waals surface area contributed by atoms with E-state index < -0.39 is 0 Å². The summed E-state index contributed by atoms with van der Waals surface area (Å²) in [7, 11) is 4.23. The number of halogens is 1. The molecule has 1 aromatic carbocycles. The molecular formula is C17H30ClN3. The summed E-state index contributed by atoms with van der Waals surface area (Å²) in [5.41, 5.74) is 2.47. The zero-order chi connectivity index (χ0) is 15.8. The summed E-state index contributed by atoms with van der Waals surface area (Å²) in [4.78, 5) is 4.69. The van der Waals surface area contributed by atoms with Crippen molar-refractivity contribution in [3.63, 3.8) is 0 Å². The van der Waals surface area contributed by atoms with Gasteiger partial charge in [0.25, 0.3) is 0 Å². The van der Waals surface area contributed by atoms with Gasteiger partial charge in [-0.15, -0.1) is 0 Å². The Morgan fingerprint density at radius 3 is 2.48 bits per heavy atom. The molecule has 1 aromatic rings. The van der Waals surface area contributed by atoms with Gasteiger partial charge in [0.1, 0.15) is 0 Å². The standard InChI is InChI=1S/C17H30ClN3/c1-6-19-12-15-16(18)8-7-9-17(15)21(13-14(2)3)11-10-20(4)5/h7-9,14,19H,6,10-13H2,1-5H3. The highest BCUT2D eigenvalue weighted by molar-refractivity contribution is 6.31. The second-order valence-electron chi connectivity index (χ2n) is 6.16. The molecule has 0 unspecified atom stereocenters. The molecule has 0 amide bonds. The first kappa shape index (κ1) is 18.3. The Hall–Kier alpha value is -0.770. The summed E-state index contributed by atoms with van der Waals surface area (Å²) >= 11 is 6.43. The molecule has 0 atom stereocenters. The fourth-order valence-corrected chi connectivity index (χ4v) is 2.58. The molecule has 0 spiro atoms. The third-order valence-electron chi connectivity index (χ3n) is 3.39. The Balaban J connectivity index is 3.01. The molecular weight excluding hydrogens is 282 g/mol. The van der Waals surface area contributed by atoms with Crippen LogP contribution >= 0.6 is 11.6 Å². The molecule has 3 nitrogen and oxygen atoms in total. The van der Waals surface area contributed by atoms with E-state index in [1.807, 2.05) is 6.07 Å². The van der Waals surface area contributed by atoms with Gasteiger partial charge in [-0.25, -0.2) is 0 Å². The predicted octanol–water partition coefficient (Wildman–Crippen LogP) is 3.47. The van der Waals surface area contributed by atoms with Crippen LogP contribution < -0.4 is 10.2 Å². The lowest BCUT2D eigenvalue weighted by Gasteiger charge is -2.30. The van der Waals surface area contributed by atoms with Crippen molar-refractivity contribution in [1.82, 2.24) is 10.2 Å². The Kier molecular flexibility index (Phi) is 8.09. The van der Waals surface area contributed by atoms with Gasteiger partial charge in [-0.1, -0.05) is 38.4 Å². The molecule has 0 aliphatic carbocycles. The van der Waals surface area contributed by atoms with Crippen LogP contribution in [0.25, 0.3) is 0 Å². The minimum absolute atomic E-state index is 0.623. The fraction of sp³-hybridized carbons (Fsp3) is 0.647. The van der Waals surface area contributed by atoms with Crippen LogP contribution in [0.3, 0.4) is 0 Å². The Bertz CT molecular complexity index is 418. The quantitative estimate of drug-likeness (QED) is 0.753. The second-order valence-corrected chi connectivity index (χ2v) is 6.57. The van der Waals surface area contributed by atoms with E-state index in [0.29, 0.717) is 5.92 Å². The zero-order valence-electron chi connectivity index (χ0n) is 14.1. The molecule has 120 valence electrons. The summed E-state index contributed by atoms with van der Waals surface area (Å²) in [6, 6.07) is 6.23. The second kappa shape index (κ2) is 9.29. The van der Waals surface area contributed by atoms with E-state index in [1.165, 1.54) is 11.3 Å². The van der Waals surface area contributed by atoms with Gasteiger partial charge in [-0.3, -0.25) is 0 Å². The normalized spacial score (nSPS) is 11.4. The molecule has 0 aliphatic rings. The maximum absolute atomic E-state index is 6.43.